The molecule has 0 fully saturated rings. The van der Waals surface area contributed by atoms with Crippen LogP contribution in [-0.2, 0) is 0 Å². The van der Waals surface area contributed by atoms with Crippen molar-refractivity contribution in [3.05, 3.63) is 59.7 Å². The van der Waals surface area contributed by atoms with Crippen molar-refractivity contribution in [2.45, 2.75) is 33.2 Å². The van der Waals surface area contributed by atoms with Crippen LogP contribution >= 0.6 is 0 Å². The van der Waals surface area contributed by atoms with Crippen LogP contribution in [0.2, 0.25) is 0 Å². The molecule has 2 aromatic rings. The lowest BCUT2D eigenvalue weighted by molar-refractivity contribution is 0.0920. The minimum atomic E-state index is -0.239. The molecule has 0 radical (unpaired) electrons. The molecule has 0 atom stereocenters. The summed E-state index contributed by atoms with van der Waals surface area (Å²) < 4.78 is 0. The second-order valence-corrected chi connectivity index (χ2v) is 6.12. The van der Waals surface area contributed by atoms with Crippen LogP contribution in [0.15, 0.2) is 48.5 Å². The molecule has 2 rings (SSSR count). The summed E-state index contributed by atoms with van der Waals surface area (Å²) in [5.41, 5.74) is 3.72. The summed E-state index contributed by atoms with van der Waals surface area (Å²) >= 11 is 0. The summed E-state index contributed by atoms with van der Waals surface area (Å²) in [6.45, 7) is 8.01. The maximum absolute atomic E-state index is 12.4. The van der Waals surface area contributed by atoms with Crippen molar-refractivity contribution < 1.29 is 4.79 Å². The summed E-state index contributed by atoms with van der Waals surface area (Å²) in [7, 11) is 0. The highest BCUT2D eigenvalue weighted by Gasteiger charge is 2.18. The Balaban J connectivity index is 2.40. The number of hydrogen-bond donors (Lipinski definition) is 1. The van der Waals surface area contributed by atoms with Crippen LogP contribution in [0.3, 0.4) is 0 Å². The van der Waals surface area contributed by atoms with Crippen molar-refractivity contribution >= 4 is 5.91 Å². The molecule has 0 bridgehead atoms. The highest BCUT2D eigenvalue weighted by atomic mass is 16.1. The quantitative estimate of drug-likeness (QED) is 0.868. The monoisotopic (exact) mass is 267 g/mol. The average Bonchev–Trinajstić information content (AvgIpc) is 2.38. The smallest absolute Gasteiger partial charge is 0.252 e. The Morgan fingerprint density at radius 2 is 1.55 bits per heavy atom. The second kappa shape index (κ2) is 5.49. The van der Waals surface area contributed by atoms with Gasteiger partial charge in [-0.05, 0) is 44.9 Å². The van der Waals surface area contributed by atoms with Crippen LogP contribution in [-0.4, -0.2) is 11.4 Å². The van der Waals surface area contributed by atoms with Crippen molar-refractivity contribution in [2.24, 2.45) is 0 Å². The van der Waals surface area contributed by atoms with Crippen molar-refractivity contribution in [3.63, 3.8) is 0 Å². The van der Waals surface area contributed by atoms with Crippen molar-refractivity contribution in [1.29, 1.82) is 0 Å². The Bertz CT molecular complexity index is 606. The molecule has 1 N–H and O–H groups in total. The first-order valence-corrected chi connectivity index (χ1v) is 6.85. The summed E-state index contributed by atoms with van der Waals surface area (Å²) in [5, 5.41) is 3.02. The van der Waals surface area contributed by atoms with Crippen LogP contribution in [0.5, 0.6) is 0 Å². The van der Waals surface area contributed by atoms with Gasteiger partial charge in [0.05, 0.1) is 0 Å². The second-order valence-electron chi connectivity index (χ2n) is 6.12. The zero-order valence-corrected chi connectivity index (χ0v) is 12.5. The molecule has 0 unspecified atom stereocenters. The average molecular weight is 267 g/mol. The Morgan fingerprint density at radius 1 is 0.950 bits per heavy atom. The first-order valence-electron chi connectivity index (χ1n) is 6.85. The molecule has 0 saturated heterocycles. The van der Waals surface area contributed by atoms with Crippen molar-refractivity contribution in [3.8, 4) is 11.1 Å². The molecule has 0 aliphatic rings. The van der Waals surface area contributed by atoms with Gasteiger partial charge in [-0.3, -0.25) is 4.79 Å². The third kappa shape index (κ3) is 3.47. The van der Waals surface area contributed by atoms with Gasteiger partial charge < -0.3 is 5.32 Å². The summed E-state index contributed by atoms with van der Waals surface area (Å²) in [6.07, 6.45) is 0. The Hall–Kier alpha value is -2.09. The summed E-state index contributed by atoms with van der Waals surface area (Å²) in [6, 6.07) is 16.0. The van der Waals surface area contributed by atoms with E-state index >= 15 is 0 Å². The fraction of sp³-hybridized carbons (Fsp3) is 0.278. The first-order chi connectivity index (χ1) is 9.37. The normalized spacial score (nSPS) is 11.2. The molecule has 0 heterocycles. The van der Waals surface area contributed by atoms with E-state index in [2.05, 4.69) is 36.5 Å². The molecule has 2 aromatic carbocycles. The Labute approximate surface area is 120 Å². The lowest BCUT2D eigenvalue weighted by Gasteiger charge is -2.21. The van der Waals surface area contributed by atoms with Gasteiger partial charge in [-0.25, -0.2) is 0 Å². The minimum Gasteiger partial charge on any atom is -0.347 e. The van der Waals surface area contributed by atoms with E-state index in [4.69, 9.17) is 0 Å². The zero-order valence-electron chi connectivity index (χ0n) is 12.5. The standard InChI is InChI=1S/C18H21NO/c1-13-9-11-14(12-10-13)15-7-5-6-8-16(15)17(20)19-18(2,3)4/h5-12H,1-4H3,(H,19,20). The van der Waals surface area contributed by atoms with E-state index in [1.54, 1.807) is 0 Å². The van der Waals surface area contributed by atoms with Crippen LogP contribution in [0.25, 0.3) is 11.1 Å². The van der Waals surface area contributed by atoms with Gasteiger partial charge >= 0.3 is 0 Å². The molecule has 104 valence electrons. The van der Waals surface area contributed by atoms with E-state index in [1.165, 1.54) is 5.56 Å². The number of hydrogen-bond acceptors (Lipinski definition) is 1. The van der Waals surface area contributed by atoms with Gasteiger partial charge in [-0.1, -0.05) is 48.0 Å². The first kappa shape index (κ1) is 14.3. The summed E-state index contributed by atoms with van der Waals surface area (Å²) in [4.78, 5) is 12.4. The van der Waals surface area contributed by atoms with E-state index < -0.39 is 0 Å². The molecule has 20 heavy (non-hydrogen) atoms. The third-order valence-electron chi connectivity index (χ3n) is 3.02. The predicted molar refractivity (Wildman–Crippen MR) is 83.8 cm³/mol. The number of benzene rings is 2. The molecule has 1 amide bonds. The zero-order chi connectivity index (χ0) is 14.8. The summed E-state index contributed by atoms with van der Waals surface area (Å²) in [5.74, 6) is -0.0336. The molecule has 0 aliphatic heterocycles. The molecule has 0 aromatic heterocycles. The molecule has 2 nitrogen and oxygen atoms in total. The Morgan fingerprint density at radius 3 is 2.15 bits per heavy atom. The molecule has 0 aliphatic carbocycles. The number of carbonyl (C=O) groups excluding carboxylic acids is 1. The number of rotatable bonds is 2. The molecule has 0 spiro atoms. The largest absolute Gasteiger partial charge is 0.347 e. The number of aryl methyl sites for hydroxylation is 1. The van der Waals surface area contributed by atoms with Crippen molar-refractivity contribution in [2.75, 3.05) is 0 Å². The number of nitrogens with one attached hydrogen (secondary N) is 1. The van der Waals surface area contributed by atoms with Gasteiger partial charge in [0.15, 0.2) is 0 Å². The molecular weight excluding hydrogens is 246 g/mol. The molecular formula is C18H21NO. The van der Waals surface area contributed by atoms with E-state index in [1.807, 2.05) is 45.0 Å². The van der Waals surface area contributed by atoms with Crippen LogP contribution in [0.4, 0.5) is 0 Å². The third-order valence-corrected chi connectivity index (χ3v) is 3.02. The number of carbonyl (C=O) groups is 1. The van der Waals surface area contributed by atoms with Gasteiger partial charge in [0.1, 0.15) is 0 Å². The molecule has 2 heteroatoms. The lowest BCUT2D eigenvalue weighted by Crippen LogP contribution is -2.40. The fourth-order valence-electron chi connectivity index (χ4n) is 2.07. The van der Waals surface area contributed by atoms with Gasteiger partial charge in [0.25, 0.3) is 5.91 Å². The van der Waals surface area contributed by atoms with Crippen LogP contribution in [0.1, 0.15) is 36.7 Å². The fourth-order valence-corrected chi connectivity index (χ4v) is 2.07. The van der Waals surface area contributed by atoms with E-state index in [0.717, 1.165) is 11.1 Å². The van der Waals surface area contributed by atoms with Crippen LogP contribution < -0.4 is 5.32 Å². The maximum Gasteiger partial charge on any atom is 0.252 e. The van der Waals surface area contributed by atoms with E-state index in [-0.39, 0.29) is 11.4 Å². The topological polar surface area (TPSA) is 29.1 Å². The van der Waals surface area contributed by atoms with Gasteiger partial charge in [0, 0.05) is 11.1 Å². The van der Waals surface area contributed by atoms with E-state index in [0.29, 0.717) is 5.56 Å². The van der Waals surface area contributed by atoms with Gasteiger partial charge in [-0.2, -0.15) is 0 Å². The lowest BCUT2D eigenvalue weighted by atomic mass is 9.97. The van der Waals surface area contributed by atoms with Gasteiger partial charge in [0.2, 0.25) is 0 Å². The number of amides is 1. The maximum atomic E-state index is 12.4. The molecule has 0 saturated carbocycles. The highest BCUT2D eigenvalue weighted by Crippen LogP contribution is 2.24. The SMILES string of the molecule is Cc1ccc(-c2ccccc2C(=O)NC(C)(C)C)cc1. The van der Waals surface area contributed by atoms with Crippen molar-refractivity contribution in [1.82, 2.24) is 5.32 Å². The van der Waals surface area contributed by atoms with E-state index in [9.17, 15) is 4.79 Å². The minimum absolute atomic E-state index is 0.0336. The highest BCUT2D eigenvalue weighted by molar-refractivity contribution is 6.01. The Kier molecular flexibility index (Phi) is 3.93. The van der Waals surface area contributed by atoms with Gasteiger partial charge in [-0.15, -0.1) is 0 Å². The predicted octanol–water partition coefficient (Wildman–Crippen LogP) is 4.19. The van der Waals surface area contributed by atoms with Crippen LogP contribution in [0, 0.1) is 6.92 Å².